The van der Waals surface area contributed by atoms with Gasteiger partial charge in [-0.05, 0) is 67.9 Å². The molecule has 0 aliphatic rings. The van der Waals surface area contributed by atoms with Crippen LogP contribution in [-0.4, -0.2) is 15.5 Å². The Balaban J connectivity index is 1.60. The lowest BCUT2D eigenvalue weighted by atomic mass is 10.1. The molecule has 0 saturated heterocycles. The van der Waals surface area contributed by atoms with Crippen molar-refractivity contribution in [2.45, 2.75) is 19.9 Å². The quantitative estimate of drug-likeness (QED) is 0.516. The van der Waals surface area contributed by atoms with Gasteiger partial charge in [0.05, 0.1) is 22.6 Å². The summed E-state index contributed by atoms with van der Waals surface area (Å²) < 4.78 is 1.55. The third-order valence-corrected chi connectivity index (χ3v) is 5.26. The summed E-state index contributed by atoms with van der Waals surface area (Å²) >= 11 is 6.03. The molecule has 1 amide bonds. The highest BCUT2D eigenvalue weighted by atomic mass is 35.5. The Morgan fingerprint density at radius 3 is 2.50 bits per heavy atom. The van der Waals surface area contributed by atoms with Crippen molar-refractivity contribution < 1.29 is 4.79 Å². The van der Waals surface area contributed by atoms with E-state index < -0.39 is 0 Å². The van der Waals surface area contributed by atoms with Crippen LogP contribution in [0.5, 0.6) is 0 Å². The van der Waals surface area contributed by atoms with E-state index in [0.717, 1.165) is 5.56 Å². The van der Waals surface area contributed by atoms with Gasteiger partial charge in [0.25, 0.3) is 11.5 Å². The van der Waals surface area contributed by atoms with Crippen molar-refractivity contribution in [2.75, 3.05) is 0 Å². The van der Waals surface area contributed by atoms with Gasteiger partial charge in [0.1, 0.15) is 5.82 Å². The van der Waals surface area contributed by atoms with E-state index in [4.69, 9.17) is 11.6 Å². The number of halogens is 1. The number of hydrogen-bond donors (Lipinski definition) is 1. The van der Waals surface area contributed by atoms with Crippen LogP contribution in [0.1, 0.15) is 34.7 Å². The highest BCUT2D eigenvalue weighted by molar-refractivity contribution is 6.30. The van der Waals surface area contributed by atoms with Gasteiger partial charge in [-0.25, -0.2) is 4.98 Å². The van der Waals surface area contributed by atoms with E-state index in [9.17, 15) is 9.59 Å². The number of carbonyl (C=O) groups excluding carboxylic acids is 1. The van der Waals surface area contributed by atoms with Gasteiger partial charge in [-0.3, -0.25) is 14.2 Å². The lowest BCUT2D eigenvalue weighted by Crippen LogP contribution is -2.27. The zero-order valence-electron chi connectivity index (χ0n) is 16.6. The van der Waals surface area contributed by atoms with Crippen LogP contribution in [0.25, 0.3) is 16.6 Å². The monoisotopic (exact) mass is 417 g/mol. The van der Waals surface area contributed by atoms with Crippen LogP contribution < -0.4 is 10.9 Å². The molecule has 6 heteroatoms. The van der Waals surface area contributed by atoms with Crippen LogP contribution >= 0.6 is 11.6 Å². The molecule has 30 heavy (non-hydrogen) atoms. The molecule has 1 N–H and O–H groups in total. The van der Waals surface area contributed by atoms with Gasteiger partial charge in [0.2, 0.25) is 0 Å². The normalized spacial score (nSPS) is 12.0. The van der Waals surface area contributed by atoms with E-state index in [1.165, 1.54) is 0 Å². The van der Waals surface area contributed by atoms with Gasteiger partial charge >= 0.3 is 0 Å². The van der Waals surface area contributed by atoms with Gasteiger partial charge in [-0.2, -0.15) is 0 Å². The molecule has 0 aliphatic carbocycles. The summed E-state index contributed by atoms with van der Waals surface area (Å²) in [6.45, 7) is 3.70. The Morgan fingerprint density at radius 2 is 1.77 bits per heavy atom. The van der Waals surface area contributed by atoms with Gasteiger partial charge in [-0.15, -0.1) is 0 Å². The van der Waals surface area contributed by atoms with Crippen LogP contribution in [0.15, 0.2) is 77.6 Å². The number of hydrogen-bond acceptors (Lipinski definition) is 3. The van der Waals surface area contributed by atoms with Crippen LogP contribution in [0.2, 0.25) is 5.02 Å². The fourth-order valence-electron chi connectivity index (χ4n) is 3.45. The molecule has 1 aromatic heterocycles. The molecular weight excluding hydrogens is 398 g/mol. The SMILES string of the molecule is Cc1nc2ccccc2c(=O)n1-c1ccc(C(=O)NC(C)c2cccc(Cl)c2)cc1. The maximum Gasteiger partial charge on any atom is 0.265 e. The first-order chi connectivity index (χ1) is 14.4. The van der Waals surface area contributed by atoms with Crippen LogP contribution in [0, 0.1) is 6.92 Å². The lowest BCUT2D eigenvalue weighted by Gasteiger charge is -2.15. The minimum atomic E-state index is -0.199. The number of aromatic nitrogens is 2. The summed E-state index contributed by atoms with van der Waals surface area (Å²) in [5.74, 6) is 0.389. The second-order valence-corrected chi connectivity index (χ2v) is 7.55. The zero-order chi connectivity index (χ0) is 21.3. The number of para-hydroxylation sites is 1. The Kier molecular flexibility index (Phi) is 5.38. The third-order valence-electron chi connectivity index (χ3n) is 5.03. The van der Waals surface area contributed by atoms with E-state index >= 15 is 0 Å². The van der Waals surface area contributed by atoms with Gasteiger partial charge < -0.3 is 5.32 Å². The molecule has 0 radical (unpaired) electrons. The first kappa shape index (κ1) is 19.9. The Bertz CT molecular complexity index is 1300. The van der Waals surface area contributed by atoms with Crippen molar-refractivity contribution >= 4 is 28.4 Å². The molecule has 1 unspecified atom stereocenters. The smallest absolute Gasteiger partial charge is 0.265 e. The van der Waals surface area contributed by atoms with Crippen molar-refractivity contribution in [3.05, 3.63) is 105 Å². The molecule has 0 spiro atoms. The standard InChI is InChI=1S/C24H20ClN3O2/c1-15(18-6-5-7-19(25)14-18)26-23(29)17-10-12-20(13-11-17)28-16(2)27-22-9-4-3-8-21(22)24(28)30/h3-15H,1-2H3,(H,26,29). The van der Waals surface area contributed by atoms with Crippen LogP contribution in [-0.2, 0) is 0 Å². The van der Waals surface area contributed by atoms with E-state index in [-0.39, 0.29) is 17.5 Å². The fourth-order valence-corrected chi connectivity index (χ4v) is 3.65. The van der Waals surface area contributed by atoms with Crippen LogP contribution in [0.3, 0.4) is 0 Å². The molecule has 0 saturated carbocycles. The van der Waals surface area contributed by atoms with E-state index in [0.29, 0.717) is 33.0 Å². The van der Waals surface area contributed by atoms with E-state index in [2.05, 4.69) is 10.3 Å². The number of rotatable bonds is 4. The number of fused-ring (bicyclic) bond motifs is 1. The summed E-state index contributed by atoms with van der Waals surface area (Å²) in [4.78, 5) is 30.1. The molecule has 0 aliphatic heterocycles. The maximum absolute atomic E-state index is 12.9. The van der Waals surface area contributed by atoms with Crippen molar-refractivity contribution in [1.29, 1.82) is 0 Å². The average molecular weight is 418 g/mol. The summed E-state index contributed by atoms with van der Waals surface area (Å²) in [5, 5.41) is 4.15. The molecular formula is C24H20ClN3O2. The highest BCUT2D eigenvalue weighted by Crippen LogP contribution is 2.18. The second-order valence-electron chi connectivity index (χ2n) is 7.11. The molecule has 1 heterocycles. The largest absolute Gasteiger partial charge is 0.346 e. The molecule has 4 rings (SSSR count). The first-order valence-corrected chi connectivity index (χ1v) is 9.97. The number of carbonyl (C=O) groups is 1. The molecule has 0 bridgehead atoms. The number of benzene rings is 3. The Morgan fingerprint density at radius 1 is 1.03 bits per heavy atom. The number of nitrogens with one attached hydrogen (secondary N) is 1. The Hall–Kier alpha value is -3.44. The summed E-state index contributed by atoms with van der Waals surface area (Å²) in [6.07, 6.45) is 0. The van der Waals surface area contributed by atoms with Crippen molar-refractivity contribution in [2.24, 2.45) is 0 Å². The predicted octanol–water partition coefficient (Wildman–Crippen LogP) is 4.84. The van der Waals surface area contributed by atoms with Gasteiger partial charge in [-0.1, -0.05) is 35.9 Å². The zero-order valence-corrected chi connectivity index (χ0v) is 17.4. The molecule has 4 aromatic rings. The molecule has 5 nitrogen and oxygen atoms in total. The summed E-state index contributed by atoms with van der Waals surface area (Å²) in [6, 6.07) is 21.4. The topological polar surface area (TPSA) is 64.0 Å². The third kappa shape index (κ3) is 3.84. The summed E-state index contributed by atoms with van der Waals surface area (Å²) in [5.41, 5.74) is 2.63. The average Bonchev–Trinajstić information content (AvgIpc) is 2.74. The fraction of sp³-hybridized carbons (Fsp3) is 0.125. The van der Waals surface area contributed by atoms with Crippen LogP contribution in [0.4, 0.5) is 0 Å². The molecule has 0 fully saturated rings. The molecule has 1 atom stereocenters. The molecule has 3 aromatic carbocycles. The van der Waals surface area contributed by atoms with Gasteiger partial charge in [0.15, 0.2) is 0 Å². The lowest BCUT2D eigenvalue weighted by molar-refractivity contribution is 0.0940. The first-order valence-electron chi connectivity index (χ1n) is 9.59. The minimum absolute atomic E-state index is 0.134. The summed E-state index contributed by atoms with van der Waals surface area (Å²) in [7, 11) is 0. The van der Waals surface area contributed by atoms with Crippen molar-refractivity contribution in [3.8, 4) is 5.69 Å². The molecule has 150 valence electrons. The predicted molar refractivity (Wildman–Crippen MR) is 119 cm³/mol. The van der Waals surface area contributed by atoms with E-state index in [1.54, 1.807) is 47.9 Å². The minimum Gasteiger partial charge on any atom is -0.346 e. The number of nitrogens with zero attached hydrogens (tertiary/aromatic N) is 2. The van der Waals surface area contributed by atoms with Gasteiger partial charge in [0, 0.05) is 10.6 Å². The Labute approximate surface area is 179 Å². The number of aryl methyl sites for hydroxylation is 1. The van der Waals surface area contributed by atoms with Crippen molar-refractivity contribution in [3.63, 3.8) is 0 Å². The maximum atomic E-state index is 12.9. The van der Waals surface area contributed by atoms with Crippen molar-refractivity contribution in [1.82, 2.24) is 14.9 Å². The number of amides is 1. The van der Waals surface area contributed by atoms with E-state index in [1.807, 2.05) is 43.3 Å². The highest BCUT2D eigenvalue weighted by Gasteiger charge is 2.13. The second kappa shape index (κ2) is 8.13.